The van der Waals surface area contributed by atoms with Crippen LogP contribution < -0.4 is 4.74 Å². The Bertz CT molecular complexity index is 1310. The SMILES string of the molecule is COc1ccccc1CN(C)C(=O)c1cc(-c2ccnn2-c2ccccc2C)c(O)cc1O. The number of para-hydroxylation sites is 2. The second-order valence-corrected chi connectivity index (χ2v) is 7.77. The van der Waals surface area contributed by atoms with Gasteiger partial charge in [-0.2, -0.15) is 5.10 Å². The lowest BCUT2D eigenvalue weighted by atomic mass is 10.0. The molecule has 0 spiro atoms. The number of carbonyl (C=O) groups is 1. The number of aromatic nitrogens is 2. The summed E-state index contributed by atoms with van der Waals surface area (Å²) >= 11 is 0. The second-order valence-electron chi connectivity index (χ2n) is 7.77. The number of ether oxygens (including phenoxy) is 1. The highest BCUT2D eigenvalue weighted by Gasteiger charge is 2.22. The van der Waals surface area contributed by atoms with Gasteiger partial charge in [-0.25, -0.2) is 4.68 Å². The molecule has 0 radical (unpaired) electrons. The molecule has 0 saturated heterocycles. The van der Waals surface area contributed by atoms with Crippen LogP contribution in [0.4, 0.5) is 0 Å². The lowest BCUT2D eigenvalue weighted by Crippen LogP contribution is -2.26. The molecule has 0 fully saturated rings. The summed E-state index contributed by atoms with van der Waals surface area (Å²) in [5.74, 6) is -0.154. The number of methoxy groups -OCH3 is 1. The Hall–Kier alpha value is -4.26. The first kappa shape index (κ1) is 22.0. The van der Waals surface area contributed by atoms with Crippen molar-refractivity contribution in [3.63, 3.8) is 0 Å². The summed E-state index contributed by atoms with van der Waals surface area (Å²) in [6.45, 7) is 2.26. The molecule has 0 aliphatic heterocycles. The van der Waals surface area contributed by atoms with Crippen molar-refractivity contribution >= 4 is 5.91 Å². The molecule has 0 unspecified atom stereocenters. The van der Waals surface area contributed by atoms with Crippen LogP contribution in [0, 0.1) is 6.92 Å². The van der Waals surface area contributed by atoms with Crippen molar-refractivity contribution in [1.29, 1.82) is 0 Å². The molecule has 1 amide bonds. The fraction of sp³-hybridized carbons (Fsp3) is 0.154. The van der Waals surface area contributed by atoms with E-state index in [0.29, 0.717) is 23.6 Å². The number of phenols is 2. The third-order valence-electron chi connectivity index (χ3n) is 5.55. The first-order valence-electron chi connectivity index (χ1n) is 10.4. The van der Waals surface area contributed by atoms with Gasteiger partial charge in [-0.05, 0) is 36.8 Å². The summed E-state index contributed by atoms with van der Waals surface area (Å²) in [6, 6.07) is 19.6. The van der Waals surface area contributed by atoms with E-state index < -0.39 is 0 Å². The minimum Gasteiger partial charge on any atom is -0.507 e. The minimum atomic E-state index is -0.387. The summed E-state index contributed by atoms with van der Waals surface area (Å²) in [6.07, 6.45) is 1.63. The summed E-state index contributed by atoms with van der Waals surface area (Å²) in [4.78, 5) is 14.7. The van der Waals surface area contributed by atoms with Crippen molar-refractivity contribution < 1.29 is 19.7 Å². The number of amides is 1. The molecule has 0 bridgehead atoms. The van der Waals surface area contributed by atoms with Gasteiger partial charge in [0.05, 0.1) is 30.3 Å². The normalized spacial score (nSPS) is 10.8. The number of hydrogen-bond acceptors (Lipinski definition) is 5. The average molecular weight is 444 g/mol. The van der Waals surface area contributed by atoms with Crippen LogP contribution in [-0.2, 0) is 6.54 Å². The number of nitrogens with zero attached hydrogens (tertiary/aromatic N) is 3. The van der Waals surface area contributed by atoms with E-state index >= 15 is 0 Å². The maximum absolute atomic E-state index is 13.2. The smallest absolute Gasteiger partial charge is 0.257 e. The van der Waals surface area contributed by atoms with Crippen LogP contribution in [0.5, 0.6) is 17.2 Å². The summed E-state index contributed by atoms with van der Waals surface area (Å²) in [5, 5.41) is 25.5. The first-order chi connectivity index (χ1) is 15.9. The van der Waals surface area contributed by atoms with Gasteiger partial charge >= 0.3 is 0 Å². The van der Waals surface area contributed by atoms with Gasteiger partial charge in [0.25, 0.3) is 5.91 Å². The predicted octanol–water partition coefficient (Wildman–Crippen LogP) is 4.54. The standard InChI is InChI=1S/C26H25N3O4/c1-17-8-4-6-10-21(17)29-22(12-13-27-29)19-14-20(24(31)15-23(19)30)26(32)28(2)16-18-9-5-7-11-25(18)33-3/h4-15,30-31H,16H2,1-3H3. The number of aromatic hydroxyl groups is 2. The summed E-state index contributed by atoms with van der Waals surface area (Å²) in [7, 11) is 3.23. The molecule has 168 valence electrons. The Morgan fingerprint density at radius 1 is 1.03 bits per heavy atom. The molecule has 7 heteroatoms. The van der Waals surface area contributed by atoms with Crippen LogP contribution in [0.25, 0.3) is 16.9 Å². The highest BCUT2D eigenvalue weighted by Crippen LogP contribution is 2.36. The number of rotatable bonds is 6. The van der Waals surface area contributed by atoms with E-state index in [2.05, 4.69) is 5.10 Å². The minimum absolute atomic E-state index is 0.0812. The maximum atomic E-state index is 13.2. The highest BCUT2D eigenvalue weighted by atomic mass is 16.5. The largest absolute Gasteiger partial charge is 0.507 e. The Balaban J connectivity index is 1.71. The van der Waals surface area contributed by atoms with Crippen LogP contribution in [0.15, 0.2) is 72.9 Å². The zero-order chi connectivity index (χ0) is 23.5. The van der Waals surface area contributed by atoms with Crippen LogP contribution in [0.1, 0.15) is 21.5 Å². The van der Waals surface area contributed by atoms with Crippen molar-refractivity contribution in [3.8, 4) is 34.2 Å². The molecule has 2 N–H and O–H groups in total. The molecule has 4 aromatic rings. The predicted molar refractivity (Wildman–Crippen MR) is 126 cm³/mol. The fourth-order valence-electron chi connectivity index (χ4n) is 3.82. The van der Waals surface area contributed by atoms with Gasteiger partial charge in [0, 0.05) is 30.8 Å². The molecular weight excluding hydrogens is 418 g/mol. The number of benzene rings is 3. The molecule has 33 heavy (non-hydrogen) atoms. The van der Waals surface area contributed by atoms with Gasteiger partial charge in [0.2, 0.25) is 0 Å². The Morgan fingerprint density at radius 2 is 1.76 bits per heavy atom. The Morgan fingerprint density at radius 3 is 2.52 bits per heavy atom. The van der Waals surface area contributed by atoms with Gasteiger partial charge in [0.1, 0.15) is 17.2 Å². The van der Waals surface area contributed by atoms with Gasteiger partial charge in [-0.1, -0.05) is 36.4 Å². The van der Waals surface area contributed by atoms with E-state index in [9.17, 15) is 15.0 Å². The van der Waals surface area contributed by atoms with Gasteiger partial charge in [0.15, 0.2) is 0 Å². The number of hydrogen-bond donors (Lipinski definition) is 2. The molecular formula is C26H25N3O4. The van der Waals surface area contributed by atoms with Crippen molar-refractivity contribution in [3.05, 3.63) is 89.6 Å². The van der Waals surface area contributed by atoms with Gasteiger partial charge < -0.3 is 19.8 Å². The average Bonchev–Trinajstić information content (AvgIpc) is 3.28. The Kier molecular flexibility index (Phi) is 6.04. The van der Waals surface area contributed by atoms with E-state index in [1.807, 2.05) is 55.5 Å². The molecule has 0 atom stereocenters. The van der Waals surface area contributed by atoms with Gasteiger partial charge in [-0.15, -0.1) is 0 Å². The monoisotopic (exact) mass is 443 g/mol. The zero-order valence-electron chi connectivity index (χ0n) is 18.7. The maximum Gasteiger partial charge on any atom is 0.257 e. The quantitative estimate of drug-likeness (QED) is 0.457. The molecule has 1 aromatic heterocycles. The van der Waals surface area contributed by atoms with E-state index in [-0.39, 0.29) is 23.0 Å². The lowest BCUT2D eigenvalue weighted by Gasteiger charge is -2.20. The van der Waals surface area contributed by atoms with Crippen LogP contribution in [0.2, 0.25) is 0 Å². The van der Waals surface area contributed by atoms with E-state index in [1.165, 1.54) is 17.0 Å². The molecule has 0 saturated carbocycles. The molecule has 0 aliphatic rings. The Labute approximate surface area is 192 Å². The molecule has 7 nitrogen and oxygen atoms in total. The number of phenolic OH excluding ortho intramolecular Hbond substituents is 2. The molecule has 3 aromatic carbocycles. The summed E-state index contributed by atoms with van der Waals surface area (Å²) < 4.78 is 7.08. The topological polar surface area (TPSA) is 87.8 Å². The number of aryl methyl sites for hydroxylation is 1. The van der Waals surface area contributed by atoms with Gasteiger partial charge in [-0.3, -0.25) is 4.79 Å². The van der Waals surface area contributed by atoms with Crippen molar-refractivity contribution in [2.75, 3.05) is 14.2 Å². The van der Waals surface area contributed by atoms with Crippen LogP contribution >= 0.6 is 0 Å². The first-order valence-corrected chi connectivity index (χ1v) is 10.4. The lowest BCUT2D eigenvalue weighted by molar-refractivity contribution is 0.0781. The van der Waals surface area contributed by atoms with Crippen LogP contribution in [-0.4, -0.2) is 45.0 Å². The van der Waals surface area contributed by atoms with Crippen LogP contribution in [0.3, 0.4) is 0 Å². The molecule has 0 aliphatic carbocycles. The third kappa shape index (κ3) is 4.25. The van der Waals surface area contributed by atoms with Crippen molar-refractivity contribution in [2.45, 2.75) is 13.5 Å². The van der Waals surface area contributed by atoms with E-state index in [1.54, 1.807) is 31.1 Å². The fourth-order valence-corrected chi connectivity index (χ4v) is 3.82. The summed E-state index contributed by atoms with van der Waals surface area (Å²) in [5.41, 5.74) is 3.77. The third-order valence-corrected chi connectivity index (χ3v) is 5.55. The second kappa shape index (κ2) is 9.08. The highest BCUT2D eigenvalue weighted by molar-refractivity contribution is 5.98. The van der Waals surface area contributed by atoms with Crippen molar-refractivity contribution in [1.82, 2.24) is 14.7 Å². The molecule has 4 rings (SSSR count). The van der Waals surface area contributed by atoms with E-state index in [4.69, 9.17) is 4.74 Å². The van der Waals surface area contributed by atoms with E-state index in [0.717, 1.165) is 16.8 Å². The van der Waals surface area contributed by atoms with Crippen molar-refractivity contribution in [2.24, 2.45) is 0 Å². The number of carbonyl (C=O) groups excluding carboxylic acids is 1. The molecule has 1 heterocycles. The zero-order valence-corrected chi connectivity index (χ0v) is 18.7.